The van der Waals surface area contributed by atoms with Crippen LogP contribution in [0.2, 0.25) is 5.15 Å². The topological polar surface area (TPSA) is 72.2 Å². The molecule has 0 unspecified atom stereocenters. The third-order valence-corrected chi connectivity index (χ3v) is 3.37. The van der Waals surface area contributed by atoms with E-state index in [0.29, 0.717) is 5.82 Å². The molecule has 2 rings (SSSR count). The summed E-state index contributed by atoms with van der Waals surface area (Å²) in [7, 11) is 0. The summed E-state index contributed by atoms with van der Waals surface area (Å²) in [6, 6.07) is 0. The summed E-state index contributed by atoms with van der Waals surface area (Å²) < 4.78 is 0. The highest BCUT2D eigenvalue weighted by Crippen LogP contribution is 2.32. The smallest absolute Gasteiger partial charge is 0.348 e. The Labute approximate surface area is 110 Å². The highest BCUT2D eigenvalue weighted by molar-refractivity contribution is 6.31. The van der Waals surface area contributed by atoms with Crippen molar-refractivity contribution in [2.24, 2.45) is 0 Å². The van der Waals surface area contributed by atoms with Crippen LogP contribution in [0.3, 0.4) is 0 Å². The molecule has 0 bridgehead atoms. The van der Waals surface area contributed by atoms with Crippen LogP contribution in [0.5, 0.6) is 0 Å². The van der Waals surface area contributed by atoms with Gasteiger partial charge < -0.3 is 4.90 Å². The summed E-state index contributed by atoms with van der Waals surface area (Å²) in [6.45, 7) is 1.57. The maximum absolute atomic E-state index is 11.1. The average molecular weight is 271 g/mol. The number of nitro groups is 1. The Morgan fingerprint density at radius 3 is 2.39 bits per heavy atom. The van der Waals surface area contributed by atoms with E-state index in [9.17, 15) is 10.1 Å². The number of halogens is 1. The van der Waals surface area contributed by atoms with E-state index in [1.54, 1.807) is 0 Å². The molecule has 0 amide bonds. The number of anilines is 1. The van der Waals surface area contributed by atoms with Crippen molar-refractivity contribution in [2.75, 3.05) is 18.0 Å². The fourth-order valence-electron chi connectivity index (χ4n) is 2.20. The number of rotatable bonds is 2. The van der Waals surface area contributed by atoms with E-state index in [1.807, 2.05) is 4.90 Å². The highest BCUT2D eigenvalue weighted by atomic mass is 35.5. The highest BCUT2D eigenvalue weighted by Gasteiger charge is 2.25. The van der Waals surface area contributed by atoms with Gasteiger partial charge in [0.2, 0.25) is 11.0 Å². The van der Waals surface area contributed by atoms with Crippen molar-refractivity contribution < 1.29 is 4.92 Å². The number of hydrogen-bond donors (Lipinski definition) is 0. The fraction of sp³-hybridized carbons (Fsp3) is 0.636. The second-order valence-corrected chi connectivity index (χ2v) is 4.71. The summed E-state index contributed by atoms with van der Waals surface area (Å²) in [4.78, 5) is 20.2. The van der Waals surface area contributed by atoms with Gasteiger partial charge in [0.15, 0.2) is 0 Å². The third kappa shape index (κ3) is 2.87. The van der Waals surface area contributed by atoms with Crippen LogP contribution in [0, 0.1) is 10.1 Å². The minimum Gasteiger partial charge on any atom is -0.351 e. The van der Waals surface area contributed by atoms with Crippen LogP contribution in [0.4, 0.5) is 11.5 Å². The molecule has 0 saturated carbocycles. The molecule has 7 heteroatoms. The van der Waals surface area contributed by atoms with Gasteiger partial charge in [0.25, 0.3) is 0 Å². The molecule has 6 nitrogen and oxygen atoms in total. The van der Waals surface area contributed by atoms with Gasteiger partial charge in [-0.1, -0.05) is 30.9 Å². The van der Waals surface area contributed by atoms with Crippen LogP contribution >= 0.6 is 11.6 Å². The van der Waals surface area contributed by atoms with E-state index in [2.05, 4.69) is 9.97 Å². The van der Waals surface area contributed by atoms with Gasteiger partial charge in [-0.2, -0.15) is 0 Å². The molecule has 0 aromatic carbocycles. The molecule has 0 radical (unpaired) electrons. The summed E-state index contributed by atoms with van der Waals surface area (Å²) >= 11 is 5.80. The molecule has 0 atom stereocenters. The number of aromatic nitrogens is 2. The van der Waals surface area contributed by atoms with Crippen molar-refractivity contribution in [1.82, 2.24) is 9.97 Å². The number of nitrogens with zero attached hydrogens (tertiary/aromatic N) is 4. The Kier molecular flexibility index (Phi) is 4.30. The van der Waals surface area contributed by atoms with E-state index >= 15 is 0 Å². The fourth-order valence-corrected chi connectivity index (χ4v) is 2.39. The van der Waals surface area contributed by atoms with E-state index in [4.69, 9.17) is 11.6 Å². The third-order valence-electron chi connectivity index (χ3n) is 3.10. The molecule has 1 aromatic rings. The molecule has 98 valence electrons. The maximum Gasteiger partial charge on any atom is 0.348 e. The normalized spacial score (nSPS) is 17.1. The van der Waals surface area contributed by atoms with Crippen molar-refractivity contribution in [1.29, 1.82) is 0 Å². The van der Waals surface area contributed by atoms with Gasteiger partial charge in [-0.05, 0) is 12.8 Å². The Bertz CT molecular complexity index is 433. The van der Waals surface area contributed by atoms with Gasteiger partial charge in [0, 0.05) is 13.1 Å². The van der Waals surface area contributed by atoms with E-state index in [0.717, 1.165) is 38.8 Å². The predicted octanol–water partition coefficient (Wildman–Crippen LogP) is 2.81. The van der Waals surface area contributed by atoms with Gasteiger partial charge in [-0.15, -0.1) is 0 Å². The molecule has 0 aliphatic carbocycles. The second-order valence-electron chi connectivity index (χ2n) is 4.35. The van der Waals surface area contributed by atoms with E-state index < -0.39 is 4.92 Å². The Hall–Kier alpha value is -1.43. The molecule has 1 aromatic heterocycles. The second kappa shape index (κ2) is 5.95. The Morgan fingerprint density at radius 2 is 1.78 bits per heavy atom. The molecule has 0 spiro atoms. The first-order valence-electron chi connectivity index (χ1n) is 6.10. The Balaban J connectivity index is 2.30. The molecule has 2 heterocycles. The van der Waals surface area contributed by atoms with Crippen LogP contribution in [0.15, 0.2) is 6.33 Å². The quantitative estimate of drug-likeness (QED) is 0.469. The van der Waals surface area contributed by atoms with Gasteiger partial charge >= 0.3 is 5.69 Å². The van der Waals surface area contributed by atoms with Crippen LogP contribution in [0.25, 0.3) is 0 Å². The van der Waals surface area contributed by atoms with Crippen LogP contribution < -0.4 is 4.90 Å². The van der Waals surface area contributed by atoms with E-state index in [1.165, 1.54) is 12.7 Å². The lowest BCUT2D eigenvalue weighted by Gasteiger charge is -2.25. The Morgan fingerprint density at radius 1 is 1.17 bits per heavy atom. The summed E-state index contributed by atoms with van der Waals surface area (Å²) in [5.41, 5.74) is -0.181. The lowest BCUT2D eigenvalue weighted by Crippen LogP contribution is -2.28. The molecule has 1 aliphatic heterocycles. The van der Waals surface area contributed by atoms with Crippen LogP contribution in [0.1, 0.15) is 32.1 Å². The minimum atomic E-state index is -0.504. The molecular weight excluding hydrogens is 256 g/mol. The van der Waals surface area contributed by atoms with Crippen molar-refractivity contribution in [3.8, 4) is 0 Å². The molecule has 0 N–H and O–H groups in total. The van der Waals surface area contributed by atoms with Crippen molar-refractivity contribution in [2.45, 2.75) is 32.1 Å². The standard InChI is InChI=1S/C11H15ClN4O2/c12-10-9(16(17)18)11(14-8-13-10)15-6-4-2-1-3-5-7-15/h8H,1-7H2. The first-order chi connectivity index (χ1) is 8.70. The number of hydrogen-bond acceptors (Lipinski definition) is 5. The molecule has 18 heavy (non-hydrogen) atoms. The first-order valence-corrected chi connectivity index (χ1v) is 6.48. The van der Waals surface area contributed by atoms with Crippen molar-refractivity contribution >= 4 is 23.1 Å². The molecule has 1 saturated heterocycles. The van der Waals surface area contributed by atoms with E-state index in [-0.39, 0.29) is 10.8 Å². The predicted molar refractivity (Wildman–Crippen MR) is 69.0 cm³/mol. The van der Waals surface area contributed by atoms with Gasteiger partial charge in [-0.25, -0.2) is 9.97 Å². The summed E-state index contributed by atoms with van der Waals surface area (Å²) in [6.07, 6.45) is 6.88. The van der Waals surface area contributed by atoms with Crippen LogP contribution in [-0.4, -0.2) is 28.0 Å². The monoisotopic (exact) mass is 270 g/mol. The summed E-state index contributed by atoms with van der Waals surface area (Å²) in [5.74, 6) is 0.349. The average Bonchev–Trinajstić information content (AvgIpc) is 2.27. The molecule has 1 aliphatic rings. The maximum atomic E-state index is 11.1. The SMILES string of the molecule is O=[N+]([O-])c1c(Cl)ncnc1N1CCCCCCC1. The molecule has 1 fully saturated rings. The minimum absolute atomic E-state index is 0.0907. The molecular formula is C11H15ClN4O2. The lowest BCUT2D eigenvalue weighted by atomic mass is 10.1. The zero-order chi connectivity index (χ0) is 13.0. The largest absolute Gasteiger partial charge is 0.351 e. The zero-order valence-electron chi connectivity index (χ0n) is 10.0. The lowest BCUT2D eigenvalue weighted by molar-refractivity contribution is -0.384. The van der Waals surface area contributed by atoms with Crippen LogP contribution in [-0.2, 0) is 0 Å². The van der Waals surface area contributed by atoms with Crippen molar-refractivity contribution in [3.63, 3.8) is 0 Å². The summed E-state index contributed by atoms with van der Waals surface area (Å²) in [5, 5.41) is 11.0. The van der Waals surface area contributed by atoms with Crippen molar-refractivity contribution in [3.05, 3.63) is 21.6 Å². The first kappa shape index (κ1) is 13.0. The zero-order valence-corrected chi connectivity index (χ0v) is 10.8. The van der Waals surface area contributed by atoms with Gasteiger partial charge in [0.05, 0.1) is 4.92 Å². The van der Waals surface area contributed by atoms with Gasteiger partial charge in [-0.3, -0.25) is 10.1 Å². The van der Waals surface area contributed by atoms with Gasteiger partial charge in [0.1, 0.15) is 6.33 Å².